The van der Waals surface area contributed by atoms with Crippen LogP contribution in [0.5, 0.6) is 11.5 Å². The number of para-hydroxylation sites is 1. The van der Waals surface area contributed by atoms with Crippen molar-refractivity contribution in [3.8, 4) is 17.2 Å². The van der Waals surface area contributed by atoms with Crippen molar-refractivity contribution in [2.45, 2.75) is 25.9 Å². The van der Waals surface area contributed by atoms with Gasteiger partial charge in [-0.05, 0) is 110 Å². The highest BCUT2D eigenvalue weighted by molar-refractivity contribution is 7.80. The Hall–Kier alpha value is -4.42. The third kappa shape index (κ3) is 4.55. The van der Waals surface area contributed by atoms with Crippen LogP contribution < -0.4 is 15.0 Å². The molecule has 2 aromatic heterocycles. The third-order valence-corrected chi connectivity index (χ3v) is 7.36. The van der Waals surface area contributed by atoms with E-state index in [4.69, 9.17) is 21.9 Å². The van der Waals surface area contributed by atoms with Crippen molar-refractivity contribution in [1.29, 1.82) is 0 Å². The summed E-state index contributed by atoms with van der Waals surface area (Å²) in [6, 6.07) is 34.5. The average molecular weight is 517 g/mol. The van der Waals surface area contributed by atoms with E-state index in [0.717, 1.165) is 34.3 Å². The molecule has 5 aromatic rings. The van der Waals surface area contributed by atoms with Crippen LogP contribution in [0.2, 0.25) is 0 Å². The lowest BCUT2D eigenvalue weighted by Crippen LogP contribution is -2.30. The topological polar surface area (TPSA) is 42.3 Å². The number of hydrogen-bond donors (Lipinski definition) is 1. The van der Waals surface area contributed by atoms with Gasteiger partial charge in [-0.25, -0.2) is 0 Å². The zero-order valence-electron chi connectivity index (χ0n) is 21.3. The second kappa shape index (κ2) is 10.1. The Kier molecular flexibility index (Phi) is 6.40. The monoisotopic (exact) mass is 516 g/mol. The molecule has 1 N–H and O–H groups in total. The Morgan fingerprint density at radius 1 is 0.763 bits per heavy atom. The lowest BCUT2D eigenvalue weighted by Gasteiger charge is -2.29. The van der Waals surface area contributed by atoms with E-state index in [1.54, 1.807) is 0 Å². The van der Waals surface area contributed by atoms with Gasteiger partial charge in [0.15, 0.2) is 5.11 Å². The highest BCUT2D eigenvalue weighted by Crippen LogP contribution is 2.42. The minimum atomic E-state index is -0.121. The van der Waals surface area contributed by atoms with Crippen LogP contribution >= 0.6 is 12.2 Å². The maximum atomic E-state index is 6.03. The van der Waals surface area contributed by atoms with Gasteiger partial charge in [-0.1, -0.05) is 30.3 Å². The molecule has 6 heteroatoms. The summed E-state index contributed by atoms with van der Waals surface area (Å²) in [5.74, 6) is 1.58. The van der Waals surface area contributed by atoms with Gasteiger partial charge in [-0.15, -0.1) is 0 Å². The summed E-state index contributed by atoms with van der Waals surface area (Å²) >= 11 is 5.93. The fourth-order valence-electron chi connectivity index (χ4n) is 4.98. The highest BCUT2D eigenvalue weighted by Gasteiger charge is 2.42. The fraction of sp³-hybridized carbons (Fsp3) is 0.125. The number of rotatable bonds is 6. The smallest absolute Gasteiger partial charge is 0.174 e. The minimum Gasteiger partial charge on any atom is -0.457 e. The number of benzene rings is 3. The molecule has 3 heterocycles. The molecule has 1 aliphatic rings. The van der Waals surface area contributed by atoms with Gasteiger partial charge in [0.25, 0.3) is 0 Å². The molecule has 6 rings (SSSR count). The molecule has 1 fully saturated rings. The first kappa shape index (κ1) is 23.9. The third-order valence-electron chi connectivity index (χ3n) is 7.04. The average Bonchev–Trinajstić information content (AvgIpc) is 3.56. The Morgan fingerprint density at radius 3 is 2.24 bits per heavy atom. The summed E-state index contributed by atoms with van der Waals surface area (Å²) in [5, 5.41) is 4.22. The molecule has 1 saturated heterocycles. The van der Waals surface area contributed by atoms with Gasteiger partial charge in [0.05, 0.1) is 11.7 Å². The molecule has 0 radical (unpaired) electrons. The number of aromatic nitrogens is 2. The van der Waals surface area contributed by atoms with Crippen LogP contribution in [-0.4, -0.2) is 14.7 Å². The van der Waals surface area contributed by atoms with Crippen molar-refractivity contribution >= 4 is 23.0 Å². The molecule has 38 heavy (non-hydrogen) atoms. The van der Waals surface area contributed by atoms with E-state index in [9.17, 15) is 0 Å². The zero-order valence-corrected chi connectivity index (χ0v) is 22.1. The molecule has 0 unspecified atom stereocenters. The SMILES string of the molecule is Cc1ccc(-n2cccc2[C@H]2[C@H](c3ccccn3)NC(=S)N2c2ccc(Oc3ccccc3)cc2)cc1C. The molecule has 3 aromatic carbocycles. The molecule has 0 amide bonds. The summed E-state index contributed by atoms with van der Waals surface area (Å²) < 4.78 is 8.28. The fourth-order valence-corrected chi connectivity index (χ4v) is 5.32. The summed E-state index contributed by atoms with van der Waals surface area (Å²) in [6.45, 7) is 4.29. The van der Waals surface area contributed by atoms with Gasteiger partial charge >= 0.3 is 0 Å². The van der Waals surface area contributed by atoms with E-state index < -0.39 is 0 Å². The number of aryl methyl sites for hydroxylation is 2. The van der Waals surface area contributed by atoms with Gasteiger partial charge in [-0.2, -0.15) is 0 Å². The maximum absolute atomic E-state index is 6.03. The lowest BCUT2D eigenvalue weighted by atomic mass is 10.0. The number of thiocarbonyl (C=S) groups is 1. The molecule has 0 aliphatic carbocycles. The molecule has 5 nitrogen and oxygen atoms in total. The second-order valence-electron chi connectivity index (χ2n) is 9.48. The van der Waals surface area contributed by atoms with Crippen molar-refractivity contribution in [3.63, 3.8) is 0 Å². The predicted molar refractivity (Wildman–Crippen MR) is 156 cm³/mol. The van der Waals surface area contributed by atoms with E-state index >= 15 is 0 Å². The van der Waals surface area contributed by atoms with E-state index in [1.807, 2.05) is 60.8 Å². The molecule has 0 bridgehead atoms. The van der Waals surface area contributed by atoms with Gasteiger partial charge in [-0.3, -0.25) is 4.98 Å². The zero-order chi connectivity index (χ0) is 26.1. The standard InChI is InChI=1S/C32H28N4OS/c1-22-13-14-25(21-23(22)2)35-20-8-12-29(35)31-30(28-11-6-7-19-33-28)34-32(38)36(31)24-15-17-27(18-16-24)37-26-9-4-3-5-10-26/h3-21,30-31H,1-2H3,(H,34,38)/t30-,31-/m0/s1. The van der Waals surface area contributed by atoms with Gasteiger partial charge in [0.2, 0.25) is 0 Å². The predicted octanol–water partition coefficient (Wildman–Crippen LogP) is 7.46. The van der Waals surface area contributed by atoms with Crippen LogP contribution in [0.1, 0.15) is 34.6 Å². The van der Waals surface area contributed by atoms with Crippen LogP contribution in [-0.2, 0) is 0 Å². The largest absolute Gasteiger partial charge is 0.457 e. The van der Waals surface area contributed by atoms with Crippen molar-refractivity contribution in [1.82, 2.24) is 14.9 Å². The number of hydrogen-bond acceptors (Lipinski definition) is 3. The minimum absolute atomic E-state index is 0.116. The Balaban J connectivity index is 1.41. The van der Waals surface area contributed by atoms with Crippen LogP contribution in [0.15, 0.2) is 116 Å². The van der Waals surface area contributed by atoms with Crippen molar-refractivity contribution in [3.05, 3.63) is 138 Å². The first-order valence-electron chi connectivity index (χ1n) is 12.7. The highest BCUT2D eigenvalue weighted by atomic mass is 32.1. The lowest BCUT2D eigenvalue weighted by molar-refractivity contribution is 0.482. The van der Waals surface area contributed by atoms with Crippen LogP contribution in [0.3, 0.4) is 0 Å². The van der Waals surface area contributed by atoms with Gasteiger partial charge in [0.1, 0.15) is 17.5 Å². The Labute approximate surface area is 228 Å². The van der Waals surface area contributed by atoms with E-state index in [2.05, 4.69) is 83.4 Å². The number of nitrogens with zero attached hydrogens (tertiary/aromatic N) is 3. The van der Waals surface area contributed by atoms with Crippen LogP contribution in [0.25, 0.3) is 5.69 Å². The van der Waals surface area contributed by atoms with Crippen molar-refractivity contribution in [2.24, 2.45) is 0 Å². The molecule has 2 atom stereocenters. The first-order valence-corrected chi connectivity index (χ1v) is 13.1. The number of nitrogens with one attached hydrogen (secondary N) is 1. The number of anilines is 1. The summed E-state index contributed by atoms with van der Waals surface area (Å²) in [4.78, 5) is 6.88. The van der Waals surface area contributed by atoms with Crippen molar-refractivity contribution < 1.29 is 4.74 Å². The normalized spacial score (nSPS) is 16.9. The van der Waals surface area contributed by atoms with E-state index in [1.165, 1.54) is 11.1 Å². The molecule has 0 saturated carbocycles. The Bertz CT molecular complexity index is 1560. The van der Waals surface area contributed by atoms with Crippen LogP contribution in [0, 0.1) is 13.8 Å². The van der Waals surface area contributed by atoms with E-state index in [-0.39, 0.29) is 12.1 Å². The first-order chi connectivity index (χ1) is 18.6. The van der Waals surface area contributed by atoms with E-state index in [0.29, 0.717) is 5.11 Å². The molecule has 1 aliphatic heterocycles. The number of ether oxygens (including phenoxy) is 1. The van der Waals surface area contributed by atoms with Crippen LogP contribution in [0.4, 0.5) is 5.69 Å². The summed E-state index contributed by atoms with van der Waals surface area (Å²) in [5.41, 5.74) is 6.71. The summed E-state index contributed by atoms with van der Waals surface area (Å²) in [7, 11) is 0. The molecular weight excluding hydrogens is 488 g/mol. The molecular formula is C32H28N4OS. The maximum Gasteiger partial charge on any atom is 0.174 e. The van der Waals surface area contributed by atoms with Gasteiger partial charge in [0, 0.05) is 29.5 Å². The molecule has 0 spiro atoms. The quantitative estimate of drug-likeness (QED) is 0.237. The number of pyridine rings is 1. The second-order valence-corrected chi connectivity index (χ2v) is 9.86. The Morgan fingerprint density at radius 2 is 1.50 bits per heavy atom. The van der Waals surface area contributed by atoms with Gasteiger partial charge < -0.3 is 19.5 Å². The van der Waals surface area contributed by atoms with Crippen molar-refractivity contribution in [2.75, 3.05) is 4.90 Å². The summed E-state index contributed by atoms with van der Waals surface area (Å²) in [6.07, 6.45) is 3.95. The molecule has 188 valence electrons.